The molecule has 0 amide bonds. The fraction of sp³-hybridized carbons (Fsp3) is 0.500. The zero-order chi connectivity index (χ0) is 16.1. The van der Waals surface area contributed by atoms with E-state index < -0.39 is 21.8 Å². The summed E-state index contributed by atoms with van der Waals surface area (Å²) in [6.45, 7) is -0.475. The van der Waals surface area contributed by atoms with E-state index in [1.54, 1.807) is 0 Å². The maximum Gasteiger partial charge on any atom is 0.335 e. The lowest BCUT2D eigenvalue weighted by Crippen LogP contribution is -2.61. The molecule has 1 heterocycles. The van der Waals surface area contributed by atoms with Gasteiger partial charge in [0.05, 0.1) is 18.7 Å². The van der Waals surface area contributed by atoms with E-state index in [-0.39, 0.29) is 24.7 Å². The molecule has 1 saturated heterocycles. The van der Waals surface area contributed by atoms with Gasteiger partial charge in [-0.25, -0.2) is 9.18 Å². The highest BCUT2D eigenvalue weighted by Gasteiger charge is 2.52. The lowest BCUT2D eigenvalue weighted by atomic mass is 9.89. The van der Waals surface area contributed by atoms with Gasteiger partial charge in [-0.05, 0) is 30.5 Å². The van der Waals surface area contributed by atoms with Crippen LogP contribution in [0.2, 0.25) is 0 Å². The minimum atomic E-state index is -3.61. The van der Waals surface area contributed by atoms with Crippen molar-refractivity contribution in [2.24, 2.45) is 0 Å². The second-order valence-electron chi connectivity index (χ2n) is 5.87. The summed E-state index contributed by atoms with van der Waals surface area (Å²) in [7, 11) is -2.09. The molecule has 22 heavy (non-hydrogen) atoms. The van der Waals surface area contributed by atoms with Crippen molar-refractivity contribution in [3.63, 3.8) is 0 Å². The van der Waals surface area contributed by atoms with Crippen molar-refractivity contribution in [3.8, 4) is 0 Å². The molecule has 0 radical (unpaired) electrons. The van der Waals surface area contributed by atoms with E-state index in [1.807, 2.05) is 0 Å². The molecule has 1 aliphatic heterocycles. The van der Waals surface area contributed by atoms with Crippen LogP contribution in [0.3, 0.4) is 0 Å². The van der Waals surface area contributed by atoms with E-state index in [1.165, 1.54) is 35.6 Å². The summed E-state index contributed by atoms with van der Waals surface area (Å²) in [5.41, 5.74) is -1.38. The zero-order valence-electron chi connectivity index (χ0n) is 12.1. The lowest BCUT2D eigenvalue weighted by Gasteiger charge is -2.44. The Balaban J connectivity index is 1.71. The number of benzene rings is 1. The van der Waals surface area contributed by atoms with Gasteiger partial charge in [0.1, 0.15) is 0 Å². The number of alkyl halides is 1. The normalized spacial score (nSPS) is 21.6. The van der Waals surface area contributed by atoms with Gasteiger partial charge in [0.2, 0.25) is 0 Å². The number of halogens is 1. The number of carboxylic acids is 1. The van der Waals surface area contributed by atoms with Crippen molar-refractivity contribution < 1.29 is 22.7 Å². The van der Waals surface area contributed by atoms with E-state index >= 15 is 0 Å². The Hall–Kier alpha value is -1.51. The Bertz CT molecular complexity index is 694. The van der Waals surface area contributed by atoms with Crippen LogP contribution in [0.25, 0.3) is 0 Å². The highest BCUT2D eigenvalue weighted by molar-refractivity contribution is 7.86. The van der Waals surface area contributed by atoms with E-state index in [9.17, 15) is 17.6 Å². The molecule has 1 saturated carbocycles. The van der Waals surface area contributed by atoms with Crippen molar-refractivity contribution in [1.29, 1.82) is 0 Å². The summed E-state index contributed by atoms with van der Waals surface area (Å²) in [6, 6.07) is 5.49. The van der Waals surface area contributed by atoms with E-state index in [0.29, 0.717) is 5.56 Å². The Morgan fingerprint density at radius 2 is 1.86 bits per heavy atom. The van der Waals surface area contributed by atoms with Gasteiger partial charge in [0, 0.05) is 13.1 Å². The molecule has 2 fully saturated rings. The van der Waals surface area contributed by atoms with Crippen molar-refractivity contribution in [2.45, 2.75) is 24.6 Å². The van der Waals surface area contributed by atoms with Crippen LogP contribution in [0.1, 0.15) is 28.8 Å². The Morgan fingerprint density at radius 3 is 2.32 bits per heavy atom. The maximum atomic E-state index is 14.8. The molecule has 120 valence electrons. The SMILES string of the molecule is CN(C1CC1)S(=O)(=O)N1CC(F)(c2ccc(C(=O)O)cc2)C1. The minimum Gasteiger partial charge on any atom is -0.478 e. The Morgan fingerprint density at radius 1 is 1.32 bits per heavy atom. The van der Waals surface area contributed by atoms with E-state index in [2.05, 4.69) is 0 Å². The number of nitrogens with zero attached hydrogens (tertiary/aromatic N) is 2. The second-order valence-corrected chi connectivity index (χ2v) is 7.86. The molecule has 1 aromatic carbocycles. The molecule has 0 spiro atoms. The molecule has 0 unspecified atom stereocenters. The highest BCUT2D eigenvalue weighted by Crippen LogP contribution is 2.40. The summed E-state index contributed by atoms with van der Waals surface area (Å²) in [6.07, 6.45) is 1.70. The van der Waals surface area contributed by atoms with Crippen LogP contribution in [-0.2, 0) is 15.9 Å². The maximum absolute atomic E-state index is 14.8. The largest absolute Gasteiger partial charge is 0.478 e. The summed E-state index contributed by atoms with van der Waals surface area (Å²) < 4.78 is 41.7. The first-order chi connectivity index (χ1) is 10.2. The summed E-state index contributed by atoms with van der Waals surface area (Å²) in [5.74, 6) is -1.08. The van der Waals surface area contributed by atoms with Gasteiger partial charge >= 0.3 is 5.97 Å². The van der Waals surface area contributed by atoms with Crippen LogP contribution in [0.15, 0.2) is 24.3 Å². The van der Waals surface area contributed by atoms with Crippen LogP contribution < -0.4 is 0 Å². The monoisotopic (exact) mass is 328 g/mol. The first kappa shape index (κ1) is 15.4. The predicted octanol–water partition coefficient (Wildman–Crippen LogP) is 1.20. The molecule has 8 heteroatoms. The molecule has 6 nitrogen and oxygen atoms in total. The topological polar surface area (TPSA) is 77.9 Å². The van der Waals surface area contributed by atoms with Gasteiger partial charge in [-0.2, -0.15) is 17.0 Å². The molecule has 1 aliphatic carbocycles. The molecule has 0 atom stereocenters. The first-order valence-electron chi connectivity index (χ1n) is 7.00. The Labute approximate surface area is 128 Å². The van der Waals surface area contributed by atoms with Crippen LogP contribution in [-0.4, -0.2) is 54.3 Å². The van der Waals surface area contributed by atoms with Gasteiger partial charge in [0.25, 0.3) is 10.2 Å². The van der Waals surface area contributed by atoms with Crippen LogP contribution in [0, 0.1) is 0 Å². The van der Waals surface area contributed by atoms with E-state index in [4.69, 9.17) is 5.11 Å². The standard InChI is InChI=1S/C14H17FN2O4S/c1-16(12-6-7-12)22(20,21)17-8-14(15,9-17)11-4-2-10(3-5-11)13(18)19/h2-5,12H,6-9H2,1H3,(H,18,19). The fourth-order valence-corrected chi connectivity index (χ4v) is 4.27. The molecule has 2 aliphatic rings. The third kappa shape index (κ3) is 2.51. The average molecular weight is 328 g/mol. The summed E-state index contributed by atoms with van der Waals surface area (Å²) in [5, 5.41) is 8.83. The van der Waals surface area contributed by atoms with E-state index in [0.717, 1.165) is 17.1 Å². The minimum absolute atomic E-state index is 0.0365. The molecule has 1 N–H and O–H groups in total. The van der Waals surface area contributed by atoms with Gasteiger partial charge in [-0.3, -0.25) is 0 Å². The number of hydrogen-bond acceptors (Lipinski definition) is 3. The van der Waals surface area contributed by atoms with Crippen LogP contribution in [0.4, 0.5) is 4.39 Å². The number of carbonyl (C=O) groups is 1. The van der Waals surface area contributed by atoms with Crippen molar-refractivity contribution in [1.82, 2.24) is 8.61 Å². The van der Waals surface area contributed by atoms with Crippen molar-refractivity contribution >= 4 is 16.2 Å². The third-order valence-corrected chi connectivity index (χ3v) is 6.19. The summed E-state index contributed by atoms with van der Waals surface area (Å²) in [4.78, 5) is 10.8. The predicted molar refractivity (Wildman–Crippen MR) is 77.5 cm³/mol. The smallest absolute Gasteiger partial charge is 0.335 e. The van der Waals surface area contributed by atoms with Crippen molar-refractivity contribution in [2.75, 3.05) is 20.1 Å². The zero-order valence-corrected chi connectivity index (χ0v) is 12.9. The second kappa shape index (κ2) is 5.00. The molecule has 0 aromatic heterocycles. The summed E-state index contributed by atoms with van der Waals surface area (Å²) >= 11 is 0. The number of carboxylic acid groups (broad SMARTS) is 1. The van der Waals surface area contributed by atoms with Gasteiger partial charge in [-0.1, -0.05) is 12.1 Å². The molecule has 0 bridgehead atoms. The first-order valence-corrected chi connectivity index (χ1v) is 8.39. The van der Waals surface area contributed by atoms with Gasteiger partial charge < -0.3 is 5.11 Å². The highest BCUT2D eigenvalue weighted by atomic mass is 32.2. The van der Waals surface area contributed by atoms with Gasteiger partial charge in [-0.15, -0.1) is 0 Å². The van der Waals surface area contributed by atoms with Gasteiger partial charge in [0.15, 0.2) is 5.67 Å². The Kier molecular flexibility index (Phi) is 3.50. The third-order valence-electron chi connectivity index (χ3n) is 4.25. The molecular formula is C14H17FN2O4S. The van der Waals surface area contributed by atoms with Crippen molar-refractivity contribution in [3.05, 3.63) is 35.4 Å². The van der Waals surface area contributed by atoms with Crippen LogP contribution in [0.5, 0.6) is 0 Å². The molecule has 3 rings (SSSR count). The lowest BCUT2D eigenvalue weighted by molar-refractivity contribution is 0.0143. The quantitative estimate of drug-likeness (QED) is 0.881. The molecule has 1 aromatic rings. The number of hydrogen-bond donors (Lipinski definition) is 1. The number of aromatic carboxylic acids is 1. The molecular weight excluding hydrogens is 311 g/mol. The fourth-order valence-electron chi connectivity index (χ4n) is 2.58. The van der Waals surface area contributed by atoms with Crippen LogP contribution >= 0.6 is 0 Å². The average Bonchev–Trinajstić information content (AvgIpc) is 3.27. The number of rotatable bonds is 5.